The summed E-state index contributed by atoms with van der Waals surface area (Å²) in [5.41, 5.74) is 0.823. The van der Waals surface area contributed by atoms with Crippen LogP contribution >= 0.6 is 23.2 Å². The molecule has 12 heteroatoms. The molecule has 5 rings (SSSR count). The molecular formula is C27H27Cl2N5O5. The smallest absolute Gasteiger partial charge is 0.243 e. The number of benzene rings is 1. The normalized spacial score (nSPS) is 18.5. The van der Waals surface area contributed by atoms with Crippen LogP contribution in [-0.4, -0.2) is 61.3 Å². The molecule has 1 aromatic carbocycles. The molecule has 10 nitrogen and oxygen atoms in total. The molecule has 39 heavy (non-hydrogen) atoms. The van der Waals surface area contributed by atoms with E-state index in [-0.39, 0.29) is 39.9 Å². The number of carbonyl (C=O) groups is 2. The fourth-order valence-corrected chi connectivity index (χ4v) is 5.09. The Balaban J connectivity index is 1.57. The summed E-state index contributed by atoms with van der Waals surface area (Å²) >= 11 is 13.3. The Morgan fingerprint density at radius 3 is 2.41 bits per heavy atom. The summed E-state index contributed by atoms with van der Waals surface area (Å²) < 4.78 is 16.4. The van der Waals surface area contributed by atoms with Crippen molar-refractivity contribution < 1.29 is 23.8 Å². The van der Waals surface area contributed by atoms with Crippen molar-refractivity contribution in [2.45, 2.75) is 24.9 Å². The Morgan fingerprint density at radius 2 is 1.77 bits per heavy atom. The first-order valence-electron chi connectivity index (χ1n) is 12.3. The first-order valence-corrected chi connectivity index (χ1v) is 13.1. The summed E-state index contributed by atoms with van der Waals surface area (Å²) in [5.74, 6) is 1.19. The minimum absolute atomic E-state index is 0.0427. The molecule has 0 spiro atoms. The van der Waals surface area contributed by atoms with Crippen LogP contribution in [0, 0.1) is 5.92 Å². The van der Waals surface area contributed by atoms with Crippen molar-refractivity contribution in [1.82, 2.24) is 15.3 Å². The summed E-state index contributed by atoms with van der Waals surface area (Å²) in [6.45, 7) is 4.25. The van der Waals surface area contributed by atoms with Crippen LogP contribution < -0.4 is 25.4 Å². The fraction of sp³-hybridized carbons (Fsp3) is 0.333. The highest BCUT2D eigenvalue weighted by Gasteiger charge is 2.31. The van der Waals surface area contributed by atoms with E-state index >= 15 is 0 Å². The van der Waals surface area contributed by atoms with Gasteiger partial charge in [-0.2, -0.15) is 0 Å². The van der Waals surface area contributed by atoms with Gasteiger partial charge < -0.3 is 30.2 Å². The third kappa shape index (κ3) is 5.59. The van der Waals surface area contributed by atoms with Crippen molar-refractivity contribution in [3.63, 3.8) is 0 Å². The van der Waals surface area contributed by atoms with Crippen LogP contribution in [0.4, 0.5) is 11.6 Å². The van der Waals surface area contributed by atoms with Crippen molar-refractivity contribution in [3.05, 3.63) is 47.1 Å². The standard InChI is InChI=1S/C27H27Cl2N5O5/c1-4-22(35)32-18-12-39-11-17(18)31-21-8-15-14(10-30-21)7-16(33-26(15)34-27(36)13-5-6-13)23-24(28)19(37-2)9-20(38-3)25(23)29/h4,7-10,13,17-18H,1,5-6,11-12H2,2-3H3,(H,30,31)(H,32,35)(H,33,34,36)/t17-,18+/m1/s1. The maximum Gasteiger partial charge on any atom is 0.243 e. The molecule has 2 aliphatic rings. The summed E-state index contributed by atoms with van der Waals surface area (Å²) in [5, 5.41) is 11.0. The molecule has 3 N–H and O–H groups in total. The van der Waals surface area contributed by atoms with E-state index in [9.17, 15) is 9.59 Å². The average Bonchev–Trinajstić information content (AvgIpc) is 3.70. The molecule has 1 saturated carbocycles. The van der Waals surface area contributed by atoms with Gasteiger partial charge in [-0.05, 0) is 31.1 Å². The van der Waals surface area contributed by atoms with Crippen LogP contribution in [0.5, 0.6) is 11.5 Å². The van der Waals surface area contributed by atoms with E-state index in [1.807, 2.05) is 0 Å². The quantitative estimate of drug-likeness (QED) is 0.322. The van der Waals surface area contributed by atoms with Gasteiger partial charge in [0, 0.05) is 34.5 Å². The SMILES string of the molecule is C=CC(=O)N[C@H]1COC[C@H]1Nc1cc2c(NC(=O)C3CC3)nc(-c3c(Cl)c(OC)cc(OC)c3Cl)cc2cn1. The van der Waals surface area contributed by atoms with Gasteiger partial charge in [0.1, 0.15) is 23.1 Å². The summed E-state index contributed by atoms with van der Waals surface area (Å²) in [6.07, 6.45) is 4.56. The fourth-order valence-electron chi connectivity index (χ4n) is 4.39. The van der Waals surface area contributed by atoms with E-state index in [1.165, 1.54) is 20.3 Å². The molecule has 2 aromatic heterocycles. The maximum absolute atomic E-state index is 12.8. The largest absolute Gasteiger partial charge is 0.495 e. The highest BCUT2D eigenvalue weighted by atomic mass is 35.5. The van der Waals surface area contributed by atoms with E-state index in [0.29, 0.717) is 58.4 Å². The first kappa shape index (κ1) is 27.0. The molecular weight excluding hydrogens is 545 g/mol. The Bertz CT molecular complexity index is 1430. The van der Waals surface area contributed by atoms with Crippen LogP contribution in [0.15, 0.2) is 37.1 Å². The number of halogens is 2. The van der Waals surface area contributed by atoms with Gasteiger partial charge in [-0.3, -0.25) is 9.59 Å². The first-order chi connectivity index (χ1) is 18.8. The van der Waals surface area contributed by atoms with Crippen LogP contribution in [0.1, 0.15) is 12.8 Å². The highest BCUT2D eigenvalue weighted by Crippen LogP contribution is 2.46. The maximum atomic E-state index is 12.8. The molecule has 3 aromatic rings. The second kappa shape index (κ2) is 11.3. The molecule has 0 bridgehead atoms. The van der Waals surface area contributed by atoms with Gasteiger partial charge in [-0.15, -0.1) is 0 Å². The topological polar surface area (TPSA) is 124 Å². The van der Waals surface area contributed by atoms with Crippen molar-refractivity contribution in [3.8, 4) is 22.8 Å². The Hall–Kier alpha value is -3.60. The number of rotatable bonds is 9. The zero-order chi connectivity index (χ0) is 27.7. The molecule has 2 atom stereocenters. The van der Waals surface area contributed by atoms with E-state index < -0.39 is 0 Å². The lowest BCUT2D eigenvalue weighted by Gasteiger charge is -2.21. The van der Waals surface area contributed by atoms with Gasteiger partial charge >= 0.3 is 0 Å². The molecule has 0 radical (unpaired) electrons. The van der Waals surface area contributed by atoms with Gasteiger partial charge in [0.25, 0.3) is 0 Å². The third-order valence-electron chi connectivity index (χ3n) is 6.66. The number of aromatic nitrogens is 2. The number of amides is 2. The van der Waals surface area contributed by atoms with E-state index in [4.69, 9.17) is 42.4 Å². The van der Waals surface area contributed by atoms with Crippen LogP contribution in [0.3, 0.4) is 0 Å². The number of carbonyl (C=O) groups excluding carboxylic acids is 2. The zero-order valence-electron chi connectivity index (χ0n) is 21.3. The summed E-state index contributed by atoms with van der Waals surface area (Å²) in [6, 6.07) is 4.72. The predicted octanol–water partition coefficient (Wildman–Crippen LogP) is 4.45. The molecule has 1 aliphatic carbocycles. The number of nitrogens with zero attached hydrogens (tertiary/aromatic N) is 2. The highest BCUT2D eigenvalue weighted by molar-refractivity contribution is 6.41. The molecule has 0 unspecified atom stereocenters. The molecule has 3 heterocycles. The number of fused-ring (bicyclic) bond motifs is 1. The second-order valence-electron chi connectivity index (χ2n) is 9.30. The third-order valence-corrected chi connectivity index (χ3v) is 7.41. The van der Waals surface area contributed by atoms with Crippen molar-refractivity contribution >= 4 is 57.4 Å². The number of hydrogen-bond donors (Lipinski definition) is 3. The van der Waals surface area contributed by atoms with E-state index in [2.05, 4.69) is 27.5 Å². The minimum Gasteiger partial charge on any atom is -0.495 e. The van der Waals surface area contributed by atoms with Crippen molar-refractivity contribution in [1.29, 1.82) is 0 Å². The lowest BCUT2D eigenvalue weighted by Crippen LogP contribution is -2.45. The molecule has 2 amide bonds. The number of nitrogens with one attached hydrogen (secondary N) is 3. The Morgan fingerprint density at radius 1 is 1.08 bits per heavy atom. The van der Waals surface area contributed by atoms with E-state index in [1.54, 1.807) is 24.4 Å². The van der Waals surface area contributed by atoms with Crippen molar-refractivity contribution in [2.75, 3.05) is 38.1 Å². The lowest BCUT2D eigenvalue weighted by atomic mass is 10.1. The van der Waals surface area contributed by atoms with Gasteiger partial charge in [0.15, 0.2) is 0 Å². The minimum atomic E-state index is -0.280. The molecule has 204 valence electrons. The van der Waals surface area contributed by atoms with Crippen LogP contribution in [-0.2, 0) is 14.3 Å². The van der Waals surface area contributed by atoms with Gasteiger partial charge in [-0.25, -0.2) is 9.97 Å². The molecule has 1 saturated heterocycles. The average molecular weight is 572 g/mol. The Kier molecular flexibility index (Phi) is 7.79. The van der Waals surface area contributed by atoms with Gasteiger partial charge in [0.2, 0.25) is 11.8 Å². The van der Waals surface area contributed by atoms with Gasteiger partial charge in [0.05, 0.1) is 55.3 Å². The van der Waals surface area contributed by atoms with Crippen LogP contribution in [0.2, 0.25) is 10.0 Å². The summed E-state index contributed by atoms with van der Waals surface area (Å²) in [7, 11) is 2.99. The molecule has 2 fully saturated rings. The number of ether oxygens (including phenoxy) is 3. The Labute approximate surface area is 235 Å². The zero-order valence-corrected chi connectivity index (χ0v) is 22.9. The monoisotopic (exact) mass is 571 g/mol. The molecule has 1 aliphatic heterocycles. The number of anilines is 2. The van der Waals surface area contributed by atoms with E-state index in [0.717, 1.165) is 12.8 Å². The van der Waals surface area contributed by atoms with Crippen molar-refractivity contribution in [2.24, 2.45) is 5.92 Å². The lowest BCUT2D eigenvalue weighted by molar-refractivity contribution is -0.118. The number of hydrogen-bond acceptors (Lipinski definition) is 8. The summed E-state index contributed by atoms with van der Waals surface area (Å²) in [4.78, 5) is 33.9. The van der Waals surface area contributed by atoms with Crippen LogP contribution in [0.25, 0.3) is 22.0 Å². The number of pyridine rings is 2. The van der Waals surface area contributed by atoms with Gasteiger partial charge in [-0.1, -0.05) is 29.8 Å². The second-order valence-corrected chi connectivity index (χ2v) is 10.1. The number of methoxy groups -OCH3 is 2. The predicted molar refractivity (Wildman–Crippen MR) is 150 cm³/mol.